The van der Waals surface area contributed by atoms with Gasteiger partial charge in [0, 0.05) is 37.8 Å². The van der Waals surface area contributed by atoms with Crippen molar-refractivity contribution in [3.8, 4) is 0 Å². The number of amides is 1. The van der Waals surface area contributed by atoms with Gasteiger partial charge in [0.25, 0.3) is 0 Å². The lowest BCUT2D eigenvalue weighted by molar-refractivity contribution is -0.132. The third kappa shape index (κ3) is 3.86. The number of benzene rings is 1. The van der Waals surface area contributed by atoms with E-state index in [0.29, 0.717) is 31.1 Å². The zero-order chi connectivity index (χ0) is 18.8. The molecule has 1 amide bonds. The lowest BCUT2D eigenvalue weighted by atomic mass is 9.97. The smallest absolute Gasteiger partial charge is 0.227 e. The first-order valence-corrected chi connectivity index (χ1v) is 9.65. The fraction of sp³-hybridized carbons (Fsp3) is 0.500. The van der Waals surface area contributed by atoms with Gasteiger partial charge in [0.2, 0.25) is 11.8 Å². The van der Waals surface area contributed by atoms with Crippen LogP contribution in [0.2, 0.25) is 0 Å². The fourth-order valence-corrected chi connectivity index (χ4v) is 3.57. The lowest BCUT2D eigenvalue weighted by Gasteiger charge is -2.31. The third-order valence-corrected chi connectivity index (χ3v) is 5.12. The maximum Gasteiger partial charge on any atom is 0.227 e. The van der Waals surface area contributed by atoms with Crippen LogP contribution in [0.3, 0.4) is 0 Å². The zero-order valence-corrected chi connectivity index (χ0v) is 15.8. The Kier molecular flexibility index (Phi) is 4.92. The van der Waals surface area contributed by atoms with Gasteiger partial charge in [0.15, 0.2) is 5.82 Å². The Morgan fingerprint density at radius 3 is 2.96 bits per heavy atom. The molecule has 3 heterocycles. The zero-order valence-electron chi connectivity index (χ0n) is 15.8. The second-order valence-electron chi connectivity index (χ2n) is 7.52. The van der Waals surface area contributed by atoms with E-state index in [0.717, 1.165) is 36.2 Å². The molecule has 1 aromatic carbocycles. The van der Waals surface area contributed by atoms with Crippen LogP contribution in [0.5, 0.6) is 0 Å². The molecule has 7 heteroatoms. The van der Waals surface area contributed by atoms with Crippen LogP contribution in [0.15, 0.2) is 28.8 Å². The van der Waals surface area contributed by atoms with Gasteiger partial charge in [-0.2, -0.15) is 4.98 Å². The molecule has 0 radical (unpaired) electrons. The molecule has 1 unspecified atom stereocenters. The third-order valence-electron chi connectivity index (χ3n) is 5.12. The van der Waals surface area contributed by atoms with Crippen LogP contribution < -0.4 is 0 Å². The average Bonchev–Trinajstić information content (AvgIpc) is 3.33. The van der Waals surface area contributed by atoms with E-state index in [9.17, 15) is 4.79 Å². The molecule has 142 valence electrons. The molecule has 27 heavy (non-hydrogen) atoms. The van der Waals surface area contributed by atoms with Crippen LogP contribution in [0.4, 0.5) is 0 Å². The highest BCUT2D eigenvalue weighted by molar-refractivity contribution is 5.77. The van der Waals surface area contributed by atoms with Crippen LogP contribution in [-0.4, -0.2) is 44.0 Å². The molecule has 1 N–H and O–H groups in total. The van der Waals surface area contributed by atoms with Crippen molar-refractivity contribution >= 4 is 16.9 Å². The van der Waals surface area contributed by atoms with Gasteiger partial charge in [-0.3, -0.25) is 4.79 Å². The molecule has 0 aliphatic carbocycles. The minimum Gasteiger partial charge on any atom is -0.342 e. The molecular formula is C20H25N5O2. The number of likely N-dealkylation sites (tertiary alicyclic amines) is 1. The lowest BCUT2D eigenvalue weighted by Crippen LogP contribution is -2.39. The molecule has 1 saturated heterocycles. The number of piperidine rings is 1. The second-order valence-corrected chi connectivity index (χ2v) is 7.52. The Hall–Kier alpha value is -2.70. The molecule has 1 fully saturated rings. The van der Waals surface area contributed by atoms with Gasteiger partial charge in [-0.15, -0.1) is 0 Å². The van der Waals surface area contributed by atoms with Crippen molar-refractivity contribution in [1.29, 1.82) is 0 Å². The Bertz CT molecular complexity index is 896. The SMILES string of the molecule is CC(C)c1noc(CCC(=O)N2CCCC(c3nc4ccccc4[nH]3)C2)n1. The molecular weight excluding hydrogens is 342 g/mol. The maximum atomic E-state index is 12.7. The summed E-state index contributed by atoms with van der Waals surface area (Å²) < 4.78 is 5.24. The number of carbonyl (C=O) groups is 1. The summed E-state index contributed by atoms with van der Waals surface area (Å²) in [7, 11) is 0. The molecule has 1 atom stereocenters. The second kappa shape index (κ2) is 7.50. The first-order valence-electron chi connectivity index (χ1n) is 9.65. The monoisotopic (exact) mass is 367 g/mol. The van der Waals surface area contributed by atoms with E-state index in [1.54, 1.807) is 0 Å². The molecule has 0 bridgehead atoms. The summed E-state index contributed by atoms with van der Waals surface area (Å²) in [4.78, 5) is 27.1. The van der Waals surface area contributed by atoms with E-state index < -0.39 is 0 Å². The summed E-state index contributed by atoms with van der Waals surface area (Å²) in [5.41, 5.74) is 2.03. The first kappa shape index (κ1) is 17.7. The van der Waals surface area contributed by atoms with Gasteiger partial charge in [-0.05, 0) is 25.0 Å². The number of imidazole rings is 1. The van der Waals surface area contributed by atoms with E-state index >= 15 is 0 Å². The largest absolute Gasteiger partial charge is 0.342 e. The van der Waals surface area contributed by atoms with Crippen molar-refractivity contribution in [3.63, 3.8) is 0 Å². The van der Waals surface area contributed by atoms with E-state index in [1.807, 2.05) is 43.0 Å². The molecule has 1 aliphatic heterocycles. The van der Waals surface area contributed by atoms with Crippen LogP contribution in [0.1, 0.15) is 62.5 Å². The highest BCUT2D eigenvalue weighted by Crippen LogP contribution is 2.27. The van der Waals surface area contributed by atoms with Crippen LogP contribution in [0, 0.1) is 0 Å². The summed E-state index contributed by atoms with van der Waals surface area (Å²) in [5, 5.41) is 3.96. The number of fused-ring (bicyclic) bond motifs is 1. The maximum absolute atomic E-state index is 12.7. The van der Waals surface area contributed by atoms with Gasteiger partial charge in [0.05, 0.1) is 11.0 Å². The standard InChI is InChI=1S/C20H25N5O2/c1-13(2)19-23-17(27-24-19)9-10-18(26)25-11-5-6-14(12-25)20-21-15-7-3-4-8-16(15)22-20/h3-4,7-8,13-14H,5-6,9-12H2,1-2H3,(H,21,22). The van der Waals surface area contributed by atoms with E-state index in [-0.39, 0.29) is 17.7 Å². The number of aryl methyl sites for hydroxylation is 1. The number of nitrogens with one attached hydrogen (secondary N) is 1. The van der Waals surface area contributed by atoms with Crippen molar-refractivity contribution in [2.45, 2.75) is 51.4 Å². The van der Waals surface area contributed by atoms with Crippen molar-refractivity contribution in [3.05, 3.63) is 41.8 Å². The van der Waals surface area contributed by atoms with E-state index in [4.69, 9.17) is 9.51 Å². The number of aromatic amines is 1. The molecule has 1 aliphatic rings. The molecule has 0 spiro atoms. The number of H-pyrrole nitrogens is 1. The summed E-state index contributed by atoms with van der Waals surface area (Å²) in [6.07, 6.45) is 2.92. The average molecular weight is 367 g/mol. The summed E-state index contributed by atoms with van der Waals surface area (Å²) in [6, 6.07) is 8.04. The first-order chi connectivity index (χ1) is 13.1. The molecule has 3 aromatic rings. The highest BCUT2D eigenvalue weighted by atomic mass is 16.5. The van der Waals surface area contributed by atoms with Crippen LogP contribution >= 0.6 is 0 Å². The summed E-state index contributed by atoms with van der Waals surface area (Å²) >= 11 is 0. The Labute approximate surface area is 158 Å². The van der Waals surface area contributed by atoms with E-state index in [1.165, 1.54) is 0 Å². The van der Waals surface area contributed by atoms with E-state index in [2.05, 4.69) is 15.1 Å². The number of hydrogen-bond donors (Lipinski definition) is 1. The predicted molar refractivity (Wildman–Crippen MR) is 101 cm³/mol. The van der Waals surface area contributed by atoms with Gasteiger partial charge in [0.1, 0.15) is 5.82 Å². The number of rotatable bonds is 5. The van der Waals surface area contributed by atoms with Crippen molar-refractivity contribution in [2.24, 2.45) is 0 Å². The Morgan fingerprint density at radius 1 is 1.33 bits per heavy atom. The molecule has 7 nitrogen and oxygen atoms in total. The van der Waals surface area contributed by atoms with Crippen LogP contribution in [-0.2, 0) is 11.2 Å². The summed E-state index contributed by atoms with van der Waals surface area (Å²) in [6.45, 7) is 5.55. The summed E-state index contributed by atoms with van der Waals surface area (Å²) in [5.74, 6) is 2.83. The number of nitrogens with zero attached hydrogens (tertiary/aromatic N) is 4. The minimum absolute atomic E-state index is 0.139. The number of para-hydroxylation sites is 2. The molecule has 4 rings (SSSR count). The van der Waals surface area contributed by atoms with Crippen molar-refractivity contribution < 1.29 is 9.32 Å². The molecule has 0 saturated carbocycles. The normalized spacial score (nSPS) is 17.7. The van der Waals surface area contributed by atoms with Gasteiger partial charge in [-0.25, -0.2) is 4.98 Å². The Balaban J connectivity index is 1.37. The highest BCUT2D eigenvalue weighted by Gasteiger charge is 2.27. The predicted octanol–water partition coefficient (Wildman–Crippen LogP) is 3.41. The van der Waals surface area contributed by atoms with Gasteiger partial charge in [-0.1, -0.05) is 31.1 Å². The fourth-order valence-electron chi connectivity index (χ4n) is 3.57. The number of carbonyl (C=O) groups excluding carboxylic acids is 1. The number of aromatic nitrogens is 4. The molecule has 2 aromatic heterocycles. The topological polar surface area (TPSA) is 87.9 Å². The quantitative estimate of drug-likeness (QED) is 0.746. The van der Waals surface area contributed by atoms with Crippen LogP contribution in [0.25, 0.3) is 11.0 Å². The minimum atomic E-state index is 0.139. The van der Waals surface area contributed by atoms with Gasteiger partial charge < -0.3 is 14.4 Å². The van der Waals surface area contributed by atoms with Gasteiger partial charge >= 0.3 is 0 Å². The van der Waals surface area contributed by atoms with Crippen molar-refractivity contribution in [2.75, 3.05) is 13.1 Å². The van der Waals surface area contributed by atoms with Crippen molar-refractivity contribution in [1.82, 2.24) is 25.0 Å². The number of hydrogen-bond acceptors (Lipinski definition) is 5. The Morgan fingerprint density at radius 2 is 2.19 bits per heavy atom.